The second kappa shape index (κ2) is 10.1. The van der Waals surface area contributed by atoms with Gasteiger partial charge in [-0.1, -0.05) is 55.8 Å². The van der Waals surface area contributed by atoms with E-state index in [0.29, 0.717) is 10.6 Å². The highest BCUT2D eigenvalue weighted by molar-refractivity contribution is 6.31. The normalized spacial score (nSPS) is 12.5. The molecule has 0 aliphatic rings. The summed E-state index contributed by atoms with van der Waals surface area (Å²) in [7, 11) is 0. The van der Waals surface area contributed by atoms with Crippen LogP contribution in [0.5, 0.6) is 0 Å². The van der Waals surface area contributed by atoms with Gasteiger partial charge in [0.2, 0.25) is 0 Å². The van der Waals surface area contributed by atoms with E-state index in [1.165, 1.54) is 10.9 Å². The van der Waals surface area contributed by atoms with E-state index < -0.39 is 6.04 Å². The van der Waals surface area contributed by atoms with Crippen molar-refractivity contribution in [3.05, 3.63) is 82.9 Å². The summed E-state index contributed by atoms with van der Waals surface area (Å²) in [6.07, 6.45) is 1.62. The molecule has 34 heavy (non-hydrogen) atoms. The SMILES string of the molecule is CCn1c2ccccc2c2cc(C=NNC(=O)C(NC(=O)c3cccc(Cl)c3)C(C)C)ccc21. The van der Waals surface area contributed by atoms with Crippen LogP contribution in [0, 0.1) is 5.92 Å². The topological polar surface area (TPSA) is 75.5 Å². The minimum atomic E-state index is -0.742. The van der Waals surface area contributed by atoms with Crippen molar-refractivity contribution in [2.45, 2.75) is 33.4 Å². The summed E-state index contributed by atoms with van der Waals surface area (Å²) in [4.78, 5) is 25.3. The Balaban J connectivity index is 1.49. The molecule has 0 aliphatic carbocycles. The Morgan fingerprint density at radius 1 is 1.00 bits per heavy atom. The molecule has 6 nitrogen and oxygen atoms in total. The maximum absolute atomic E-state index is 12.8. The van der Waals surface area contributed by atoms with Gasteiger partial charge in [0.15, 0.2) is 0 Å². The molecule has 1 atom stereocenters. The van der Waals surface area contributed by atoms with Crippen LogP contribution in [0.4, 0.5) is 0 Å². The molecular formula is C27H27ClN4O2. The number of nitrogens with zero attached hydrogens (tertiary/aromatic N) is 2. The molecule has 0 aliphatic heterocycles. The van der Waals surface area contributed by atoms with E-state index in [1.807, 2.05) is 32.0 Å². The van der Waals surface area contributed by atoms with Crippen molar-refractivity contribution in [2.75, 3.05) is 0 Å². The minimum absolute atomic E-state index is 0.130. The molecule has 0 bridgehead atoms. The molecule has 1 aromatic heterocycles. The van der Waals surface area contributed by atoms with E-state index in [0.717, 1.165) is 23.0 Å². The number of carbonyl (C=O) groups is 2. The number of rotatable bonds is 7. The number of carbonyl (C=O) groups excluding carboxylic acids is 2. The summed E-state index contributed by atoms with van der Waals surface area (Å²) in [5.74, 6) is -0.877. The zero-order chi connectivity index (χ0) is 24.2. The molecule has 1 unspecified atom stereocenters. The molecule has 7 heteroatoms. The molecule has 0 saturated carbocycles. The predicted octanol–water partition coefficient (Wildman–Crippen LogP) is 5.37. The summed E-state index contributed by atoms with van der Waals surface area (Å²) < 4.78 is 2.28. The van der Waals surface area contributed by atoms with E-state index in [4.69, 9.17) is 11.6 Å². The van der Waals surface area contributed by atoms with Gasteiger partial charge in [-0.25, -0.2) is 5.43 Å². The molecule has 174 valence electrons. The van der Waals surface area contributed by atoms with Crippen LogP contribution >= 0.6 is 11.6 Å². The second-order valence-corrected chi connectivity index (χ2v) is 8.91. The van der Waals surface area contributed by atoms with Gasteiger partial charge in [-0.15, -0.1) is 0 Å². The highest BCUT2D eigenvalue weighted by Gasteiger charge is 2.24. The summed E-state index contributed by atoms with van der Waals surface area (Å²) in [6, 6.07) is 20.3. The highest BCUT2D eigenvalue weighted by Crippen LogP contribution is 2.29. The molecule has 0 saturated heterocycles. The molecule has 4 rings (SSSR count). The molecule has 2 amide bonds. The summed E-state index contributed by atoms with van der Waals surface area (Å²) >= 11 is 5.98. The first-order valence-corrected chi connectivity index (χ1v) is 11.7. The second-order valence-electron chi connectivity index (χ2n) is 8.48. The Hall–Kier alpha value is -3.64. The van der Waals surface area contributed by atoms with Gasteiger partial charge >= 0.3 is 0 Å². The largest absolute Gasteiger partial charge is 0.341 e. The Morgan fingerprint density at radius 3 is 2.50 bits per heavy atom. The number of halogens is 1. The van der Waals surface area contributed by atoms with Crippen molar-refractivity contribution >= 4 is 51.4 Å². The van der Waals surface area contributed by atoms with Crippen molar-refractivity contribution in [3.8, 4) is 0 Å². The van der Waals surface area contributed by atoms with Crippen LogP contribution in [0.1, 0.15) is 36.7 Å². The first-order valence-electron chi connectivity index (χ1n) is 11.3. The summed E-state index contributed by atoms with van der Waals surface area (Å²) in [5.41, 5.74) is 6.19. The molecular weight excluding hydrogens is 448 g/mol. The van der Waals surface area contributed by atoms with Gasteiger partial charge in [-0.05, 0) is 54.8 Å². The fourth-order valence-corrected chi connectivity index (χ4v) is 4.31. The predicted molar refractivity (Wildman–Crippen MR) is 138 cm³/mol. The smallest absolute Gasteiger partial charge is 0.262 e. The van der Waals surface area contributed by atoms with Crippen LogP contribution in [0.25, 0.3) is 21.8 Å². The van der Waals surface area contributed by atoms with E-state index in [9.17, 15) is 9.59 Å². The average Bonchev–Trinajstić information content (AvgIpc) is 3.15. The maximum atomic E-state index is 12.8. The number of aromatic nitrogens is 1. The third kappa shape index (κ3) is 4.82. The summed E-state index contributed by atoms with van der Waals surface area (Å²) in [6.45, 7) is 6.74. The lowest BCUT2D eigenvalue weighted by Gasteiger charge is -2.20. The number of para-hydroxylation sites is 1. The zero-order valence-corrected chi connectivity index (χ0v) is 20.1. The van der Waals surface area contributed by atoms with Crippen LogP contribution in [-0.4, -0.2) is 28.6 Å². The zero-order valence-electron chi connectivity index (χ0n) is 19.4. The van der Waals surface area contributed by atoms with Crippen LogP contribution in [-0.2, 0) is 11.3 Å². The van der Waals surface area contributed by atoms with Gasteiger partial charge in [0, 0.05) is 38.9 Å². The number of hydrogen-bond acceptors (Lipinski definition) is 3. The standard InChI is InChI=1S/C27H27ClN4O2/c1-4-32-23-11-6-5-10-21(23)22-14-18(12-13-24(22)32)16-29-31-27(34)25(17(2)3)30-26(33)19-8-7-9-20(28)15-19/h5-17,25H,4H2,1-3H3,(H,30,33)(H,31,34). The first kappa shape index (κ1) is 23.5. The lowest BCUT2D eigenvalue weighted by molar-refractivity contribution is -0.123. The quantitative estimate of drug-likeness (QED) is 0.279. The van der Waals surface area contributed by atoms with Crippen LogP contribution in [0.15, 0.2) is 71.8 Å². The van der Waals surface area contributed by atoms with Gasteiger partial charge in [0.25, 0.3) is 11.8 Å². The highest BCUT2D eigenvalue weighted by atomic mass is 35.5. The van der Waals surface area contributed by atoms with E-state index >= 15 is 0 Å². The number of aryl methyl sites for hydroxylation is 1. The number of hydrogen-bond donors (Lipinski definition) is 2. The Kier molecular flexibility index (Phi) is 6.98. The monoisotopic (exact) mass is 474 g/mol. The molecule has 3 aromatic carbocycles. The molecule has 0 radical (unpaired) electrons. The molecule has 0 spiro atoms. The van der Waals surface area contributed by atoms with Crippen LogP contribution < -0.4 is 10.7 Å². The van der Waals surface area contributed by atoms with Crippen LogP contribution in [0.3, 0.4) is 0 Å². The molecule has 0 fully saturated rings. The van der Waals surface area contributed by atoms with Gasteiger partial charge in [-0.2, -0.15) is 5.10 Å². The Morgan fingerprint density at radius 2 is 1.76 bits per heavy atom. The Bertz CT molecular complexity index is 1390. The van der Waals surface area contributed by atoms with Crippen molar-refractivity contribution in [2.24, 2.45) is 11.0 Å². The average molecular weight is 475 g/mol. The van der Waals surface area contributed by atoms with Gasteiger partial charge in [0.1, 0.15) is 6.04 Å². The number of hydrazone groups is 1. The lowest BCUT2D eigenvalue weighted by atomic mass is 10.0. The van der Waals surface area contributed by atoms with Crippen LogP contribution in [0.2, 0.25) is 5.02 Å². The van der Waals surface area contributed by atoms with Crippen molar-refractivity contribution in [1.82, 2.24) is 15.3 Å². The maximum Gasteiger partial charge on any atom is 0.262 e. The van der Waals surface area contributed by atoms with E-state index in [1.54, 1.807) is 30.5 Å². The number of amides is 2. The summed E-state index contributed by atoms with van der Waals surface area (Å²) in [5, 5.41) is 9.71. The lowest BCUT2D eigenvalue weighted by Crippen LogP contribution is -2.48. The van der Waals surface area contributed by atoms with Gasteiger partial charge < -0.3 is 9.88 Å². The minimum Gasteiger partial charge on any atom is -0.341 e. The van der Waals surface area contributed by atoms with Gasteiger partial charge in [0.05, 0.1) is 6.21 Å². The van der Waals surface area contributed by atoms with Crippen molar-refractivity contribution in [3.63, 3.8) is 0 Å². The fraction of sp³-hybridized carbons (Fsp3) is 0.222. The van der Waals surface area contributed by atoms with E-state index in [-0.39, 0.29) is 17.7 Å². The van der Waals surface area contributed by atoms with Crippen molar-refractivity contribution < 1.29 is 9.59 Å². The number of benzene rings is 3. The van der Waals surface area contributed by atoms with E-state index in [2.05, 4.69) is 51.6 Å². The fourth-order valence-electron chi connectivity index (χ4n) is 4.12. The van der Waals surface area contributed by atoms with Gasteiger partial charge in [-0.3, -0.25) is 9.59 Å². The molecule has 2 N–H and O–H groups in total. The third-order valence-electron chi connectivity index (χ3n) is 5.82. The first-order chi connectivity index (χ1) is 16.4. The number of nitrogens with one attached hydrogen (secondary N) is 2. The third-order valence-corrected chi connectivity index (χ3v) is 6.06. The molecule has 4 aromatic rings. The van der Waals surface area contributed by atoms with Crippen molar-refractivity contribution in [1.29, 1.82) is 0 Å². The molecule has 1 heterocycles. The Labute approximate surface area is 203 Å². The number of fused-ring (bicyclic) bond motifs is 3.